The summed E-state index contributed by atoms with van der Waals surface area (Å²) in [7, 11) is 0. The molecule has 0 aliphatic carbocycles. The van der Waals surface area contributed by atoms with E-state index in [1.165, 1.54) is 0 Å². The first-order chi connectivity index (χ1) is 9.41. The number of para-hydroxylation sites is 1. The van der Waals surface area contributed by atoms with E-state index < -0.39 is 0 Å². The quantitative estimate of drug-likeness (QED) is 0.817. The van der Waals surface area contributed by atoms with Gasteiger partial charge in [-0.1, -0.05) is 49.1 Å². The fraction of sp³-hybridized carbons (Fsp3) is 0.111. The van der Waals surface area contributed by atoms with Crippen molar-refractivity contribution in [2.45, 2.75) is 13.8 Å². The molecule has 0 heterocycles. The molecule has 0 aromatic heterocycles. The fourth-order valence-corrected chi connectivity index (χ4v) is 1.58. The molecular weight excluding hydrogens is 248 g/mol. The summed E-state index contributed by atoms with van der Waals surface area (Å²) in [5, 5.41) is 18.1. The average molecular weight is 268 g/mol. The minimum atomic E-state index is 0.296. The van der Waals surface area contributed by atoms with Crippen LogP contribution in [0.2, 0.25) is 0 Å². The molecule has 0 unspecified atom stereocenters. The van der Waals surface area contributed by atoms with Crippen molar-refractivity contribution in [3.05, 3.63) is 72.8 Å². The molecule has 0 radical (unpaired) electrons. The van der Waals surface area contributed by atoms with Crippen LogP contribution in [-0.4, -0.2) is 10.2 Å². The zero-order valence-electron chi connectivity index (χ0n) is 11.9. The van der Waals surface area contributed by atoms with E-state index in [4.69, 9.17) is 5.11 Å². The van der Waals surface area contributed by atoms with Crippen molar-refractivity contribution in [2.24, 2.45) is 0 Å². The van der Waals surface area contributed by atoms with Crippen LogP contribution in [0.3, 0.4) is 0 Å². The molecule has 0 aliphatic heterocycles. The Morgan fingerprint density at radius 3 is 1.75 bits per heavy atom. The van der Waals surface area contributed by atoms with E-state index in [2.05, 4.69) is 13.2 Å². The normalized spacial score (nSPS) is 9.30. The van der Waals surface area contributed by atoms with Crippen LogP contribution in [0.5, 0.6) is 11.5 Å². The molecule has 20 heavy (non-hydrogen) atoms. The Bertz CT molecular complexity index is 595. The molecule has 0 fully saturated rings. The maximum absolute atomic E-state index is 9.22. The van der Waals surface area contributed by atoms with E-state index in [1.807, 2.05) is 38.1 Å². The number of rotatable bonds is 2. The SMILES string of the molecule is C=C(C)c1ccc(O)cc1.C=C(C)c1ccccc1O. The number of allylic oxidation sites excluding steroid dienone is 2. The summed E-state index contributed by atoms with van der Waals surface area (Å²) >= 11 is 0. The number of phenols is 2. The third kappa shape index (κ3) is 4.65. The van der Waals surface area contributed by atoms with Crippen molar-refractivity contribution in [3.8, 4) is 11.5 Å². The van der Waals surface area contributed by atoms with Crippen molar-refractivity contribution in [1.29, 1.82) is 0 Å². The zero-order chi connectivity index (χ0) is 15.1. The lowest BCUT2D eigenvalue weighted by Gasteiger charge is -2.00. The predicted molar refractivity (Wildman–Crippen MR) is 85.6 cm³/mol. The second kappa shape index (κ2) is 7.19. The van der Waals surface area contributed by atoms with E-state index in [0.29, 0.717) is 11.5 Å². The van der Waals surface area contributed by atoms with Gasteiger partial charge >= 0.3 is 0 Å². The van der Waals surface area contributed by atoms with Gasteiger partial charge in [0.1, 0.15) is 11.5 Å². The summed E-state index contributed by atoms with van der Waals surface area (Å²) in [6.45, 7) is 11.3. The number of hydrogen-bond acceptors (Lipinski definition) is 2. The second-order valence-corrected chi connectivity index (χ2v) is 4.62. The van der Waals surface area contributed by atoms with Gasteiger partial charge in [-0.15, -0.1) is 0 Å². The average Bonchev–Trinajstić information content (AvgIpc) is 2.40. The van der Waals surface area contributed by atoms with E-state index in [-0.39, 0.29) is 0 Å². The van der Waals surface area contributed by atoms with Gasteiger partial charge in [0, 0.05) is 5.56 Å². The maximum atomic E-state index is 9.22. The van der Waals surface area contributed by atoms with Crippen molar-refractivity contribution < 1.29 is 10.2 Å². The number of phenolic OH excluding ortho intramolecular Hbond substituents is 2. The largest absolute Gasteiger partial charge is 0.508 e. The monoisotopic (exact) mass is 268 g/mol. The molecule has 2 heteroatoms. The molecule has 2 N–H and O–H groups in total. The lowest BCUT2D eigenvalue weighted by atomic mass is 10.1. The first-order valence-electron chi connectivity index (χ1n) is 6.30. The van der Waals surface area contributed by atoms with E-state index in [9.17, 15) is 5.11 Å². The van der Waals surface area contributed by atoms with Crippen molar-refractivity contribution in [2.75, 3.05) is 0 Å². The smallest absolute Gasteiger partial charge is 0.123 e. The minimum absolute atomic E-state index is 0.296. The lowest BCUT2D eigenvalue weighted by molar-refractivity contribution is 0.473. The van der Waals surface area contributed by atoms with Gasteiger partial charge in [-0.2, -0.15) is 0 Å². The second-order valence-electron chi connectivity index (χ2n) is 4.62. The van der Waals surface area contributed by atoms with E-state index in [1.54, 1.807) is 24.3 Å². The highest BCUT2D eigenvalue weighted by molar-refractivity contribution is 5.66. The highest BCUT2D eigenvalue weighted by Gasteiger charge is 1.97. The fourth-order valence-electron chi connectivity index (χ4n) is 1.58. The summed E-state index contributed by atoms with van der Waals surface area (Å²) in [6.07, 6.45) is 0. The van der Waals surface area contributed by atoms with Crippen LogP contribution in [0.4, 0.5) is 0 Å². The maximum Gasteiger partial charge on any atom is 0.123 e. The molecule has 0 saturated carbocycles. The molecule has 2 rings (SSSR count). The Balaban J connectivity index is 0.000000200. The van der Waals surface area contributed by atoms with Gasteiger partial charge in [-0.05, 0) is 43.2 Å². The molecule has 2 aromatic rings. The summed E-state index contributed by atoms with van der Waals surface area (Å²) in [6, 6.07) is 14.2. The van der Waals surface area contributed by atoms with Crippen LogP contribution >= 0.6 is 0 Å². The predicted octanol–water partition coefficient (Wildman–Crippen LogP) is 4.85. The van der Waals surface area contributed by atoms with Crippen LogP contribution in [0.15, 0.2) is 61.7 Å². The van der Waals surface area contributed by atoms with Gasteiger partial charge in [-0.3, -0.25) is 0 Å². The van der Waals surface area contributed by atoms with Crippen molar-refractivity contribution in [3.63, 3.8) is 0 Å². The van der Waals surface area contributed by atoms with Crippen LogP contribution in [0.1, 0.15) is 25.0 Å². The summed E-state index contributed by atoms with van der Waals surface area (Å²) in [5.74, 6) is 0.597. The molecule has 0 spiro atoms. The van der Waals surface area contributed by atoms with Gasteiger partial charge in [0.15, 0.2) is 0 Å². The van der Waals surface area contributed by atoms with Gasteiger partial charge in [-0.25, -0.2) is 0 Å². The standard InChI is InChI=1S/2C9H10O/c1-7(2)8-3-5-9(10)6-4-8;1-7(2)8-5-3-4-6-9(8)10/h2*3-6,10H,1H2,2H3. The van der Waals surface area contributed by atoms with Crippen molar-refractivity contribution in [1.82, 2.24) is 0 Å². The number of benzene rings is 2. The molecule has 104 valence electrons. The first kappa shape index (κ1) is 15.6. The minimum Gasteiger partial charge on any atom is -0.508 e. The third-order valence-electron chi connectivity index (χ3n) is 2.72. The van der Waals surface area contributed by atoms with Crippen LogP contribution in [0, 0.1) is 0 Å². The Labute approximate surface area is 120 Å². The first-order valence-corrected chi connectivity index (χ1v) is 6.30. The molecule has 2 nitrogen and oxygen atoms in total. The van der Waals surface area contributed by atoms with Gasteiger partial charge in [0.25, 0.3) is 0 Å². The van der Waals surface area contributed by atoms with Gasteiger partial charge in [0.2, 0.25) is 0 Å². The molecule has 0 bridgehead atoms. The Morgan fingerprint density at radius 2 is 1.35 bits per heavy atom. The number of aromatic hydroxyl groups is 2. The van der Waals surface area contributed by atoms with Gasteiger partial charge in [0.05, 0.1) is 0 Å². The highest BCUT2D eigenvalue weighted by Crippen LogP contribution is 2.21. The molecule has 2 aromatic carbocycles. The Kier molecular flexibility index (Phi) is 5.60. The van der Waals surface area contributed by atoms with Gasteiger partial charge < -0.3 is 10.2 Å². The van der Waals surface area contributed by atoms with E-state index in [0.717, 1.165) is 22.3 Å². The van der Waals surface area contributed by atoms with Crippen molar-refractivity contribution >= 4 is 11.1 Å². The summed E-state index contributed by atoms with van der Waals surface area (Å²) in [4.78, 5) is 0. The Morgan fingerprint density at radius 1 is 0.800 bits per heavy atom. The van der Waals surface area contributed by atoms with Crippen LogP contribution in [0.25, 0.3) is 11.1 Å². The molecule has 0 amide bonds. The Hall–Kier alpha value is -2.48. The highest BCUT2D eigenvalue weighted by atomic mass is 16.3. The zero-order valence-corrected chi connectivity index (χ0v) is 11.9. The molecule has 0 saturated heterocycles. The van der Waals surface area contributed by atoms with Crippen LogP contribution < -0.4 is 0 Å². The summed E-state index contributed by atoms with van der Waals surface area (Å²) < 4.78 is 0. The topological polar surface area (TPSA) is 40.5 Å². The number of hydrogen-bond donors (Lipinski definition) is 2. The van der Waals surface area contributed by atoms with Crippen LogP contribution in [-0.2, 0) is 0 Å². The third-order valence-corrected chi connectivity index (χ3v) is 2.72. The molecular formula is C18H20O2. The lowest BCUT2D eigenvalue weighted by Crippen LogP contribution is -1.76. The molecule has 0 aliphatic rings. The molecule has 0 atom stereocenters. The van der Waals surface area contributed by atoms with E-state index >= 15 is 0 Å². The summed E-state index contributed by atoms with van der Waals surface area (Å²) in [5.41, 5.74) is 3.79.